The minimum Gasteiger partial charge on any atom is -0.339 e. The van der Waals surface area contributed by atoms with Crippen molar-refractivity contribution in [3.63, 3.8) is 0 Å². The molecule has 1 aliphatic heterocycles. The highest BCUT2D eigenvalue weighted by Crippen LogP contribution is 2.28. The molecule has 1 N–H and O–H groups in total. The van der Waals surface area contributed by atoms with E-state index in [0.717, 1.165) is 30.1 Å². The molecule has 0 aliphatic carbocycles. The van der Waals surface area contributed by atoms with E-state index in [1.807, 2.05) is 19.2 Å². The SMILES string of the molecule is Cc1cnccc1-c1noc(C2CNCC2C)n1. The summed E-state index contributed by atoms with van der Waals surface area (Å²) in [6.45, 7) is 6.12. The summed E-state index contributed by atoms with van der Waals surface area (Å²) in [5.74, 6) is 2.26. The average molecular weight is 244 g/mol. The summed E-state index contributed by atoms with van der Waals surface area (Å²) in [7, 11) is 0. The van der Waals surface area contributed by atoms with Crippen molar-refractivity contribution in [1.29, 1.82) is 0 Å². The van der Waals surface area contributed by atoms with Crippen LogP contribution >= 0.6 is 0 Å². The van der Waals surface area contributed by atoms with Crippen LogP contribution in [0.3, 0.4) is 0 Å². The van der Waals surface area contributed by atoms with E-state index in [4.69, 9.17) is 4.52 Å². The molecular weight excluding hydrogens is 228 g/mol. The van der Waals surface area contributed by atoms with Crippen LogP contribution in [0.15, 0.2) is 23.0 Å². The van der Waals surface area contributed by atoms with E-state index in [-0.39, 0.29) is 0 Å². The lowest BCUT2D eigenvalue weighted by atomic mass is 9.98. The van der Waals surface area contributed by atoms with Gasteiger partial charge < -0.3 is 9.84 Å². The van der Waals surface area contributed by atoms with Crippen LogP contribution in [0.5, 0.6) is 0 Å². The highest BCUT2D eigenvalue weighted by Gasteiger charge is 2.29. The fraction of sp³-hybridized carbons (Fsp3) is 0.462. The smallest absolute Gasteiger partial charge is 0.231 e. The van der Waals surface area contributed by atoms with Crippen molar-refractivity contribution in [3.05, 3.63) is 29.9 Å². The third kappa shape index (κ3) is 1.90. The maximum atomic E-state index is 5.41. The summed E-state index contributed by atoms with van der Waals surface area (Å²) < 4.78 is 5.41. The number of rotatable bonds is 2. The number of aromatic nitrogens is 3. The Bertz CT molecular complexity index is 551. The van der Waals surface area contributed by atoms with Gasteiger partial charge in [-0.2, -0.15) is 4.98 Å². The first-order valence-corrected chi connectivity index (χ1v) is 6.21. The Hall–Kier alpha value is -1.75. The quantitative estimate of drug-likeness (QED) is 0.872. The van der Waals surface area contributed by atoms with E-state index >= 15 is 0 Å². The van der Waals surface area contributed by atoms with Gasteiger partial charge in [-0.05, 0) is 31.0 Å². The van der Waals surface area contributed by atoms with Crippen molar-refractivity contribution < 1.29 is 4.52 Å². The van der Waals surface area contributed by atoms with Crippen molar-refractivity contribution in [3.8, 4) is 11.4 Å². The molecule has 0 saturated carbocycles. The van der Waals surface area contributed by atoms with Gasteiger partial charge in [0.25, 0.3) is 0 Å². The second kappa shape index (κ2) is 4.49. The summed E-state index contributed by atoms with van der Waals surface area (Å²) in [4.78, 5) is 8.60. The third-order valence-corrected chi connectivity index (χ3v) is 3.54. The molecule has 5 heteroatoms. The molecule has 2 aromatic rings. The Morgan fingerprint density at radius 1 is 1.39 bits per heavy atom. The van der Waals surface area contributed by atoms with Gasteiger partial charge in [-0.15, -0.1) is 0 Å². The molecule has 3 heterocycles. The number of aryl methyl sites for hydroxylation is 1. The molecule has 2 aromatic heterocycles. The Kier molecular flexibility index (Phi) is 2.83. The molecule has 18 heavy (non-hydrogen) atoms. The Morgan fingerprint density at radius 3 is 3.00 bits per heavy atom. The molecule has 5 nitrogen and oxygen atoms in total. The summed E-state index contributed by atoms with van der Waals surface area (Å²) in [6, 6.07) is 1.92. The molecular formula is C13H16N4O. The fourth-order valence-electron chi connectivity index (χ4n) is 2.36. The van der Waals surface area contributed by atoms with E-state index in [9.17, 15) is 0 Å². The summed E-state index contributed by atoms with van der Waals surface area (Å²) >= 11 is 0. The van der Waals surface area contributed by atoms with E-state index in [1.54, 1.807) is 6.20 Å². The minimum absolute atomic E-state index is 0.327. The first-order chi connectivity index (χ1) is 8.75. The van der Waals surface area contributed by atoms with Gasteiger partial charge in [-0.3, -0.25) is 4.98 Å². The maximum Gasteiger partial charge on any atom is 0.231 e. The third-order valence-electron chi connectivity index (χ3n) is 3.54. The van der Waals surface area contributed by atoms with Crippen LogP contribution in [-0.4, -0.2) is 28.2 Å². The number of nitrogens with one attached hydrogen (secondary N) is 1. The second-order valence-corrected chi connectivity index (χ2v) is 4.89. The lowest BCUT2D eigenvalue weighted by Crippen LogP contribution is -2.08. The van der Waals surface area contributed by atoms with Crippen molar-refractivity contribution in [2.45, 2.75) is 19.8 Å². The molecule has 0 aromatic carbocycles. The fourth-order valence-corrected chi connectivity index (χ4v) is 2.36. The van der Waals surface area contributed by atoms with Crippen molar-refractivity contribution in [2.75, 3.05) is 13.1 Å². The number of hydrogen-bond donors (Lipinski definition) is 1. The Labute approximate surface area is 106 Å². The molecule has 1 aliphatic rings. The zero-order valence-electron chi connectivity index (χ0n) is 10.6. The highest BCUT2D eigenvalue weighted by atomic mass is 16.5. The van der Waals surface area contributed by atoms with Crippen molar-refractivity contribution in [2.24, 2.45) is 5.92 Å². The molecule has 0 spiro atoms. The molecule has 1 saturated heterocycles. The van der Waals surface area contributed by atoms with Crippen LogP contribution in [0.25, 0.3) is 11.4 Å². The van der Waals surface area contributed by atoms with E-state index in [2.05, 4.69) is 27.4 Å². The predicted octanol–water partition coefficient (Wildman–Crippen LogP) is 1.76. The van der Waals surface area contributed by atoms with Crippen LogP contribution in [0.1, 0.15) is 24.3 Å². The van der Waals surface area contributed by atoms with Gasteiger partial charge in [-0.1, -0.05) is 12.1 Å². The maximum absolute atomic E-state index is 5.41. The largest absolute Gasteiger partial charge is 0.339 e. The zero-order valence-corrected chi connectivity index (χ0v) is 10.6. The van der Waals surface area contributed by atoms with Gasteiger partial charge >= 0.3 is 0 Å². The molecule has 0 bridgehead atoms. The first kappa shape index (κ1) is 11.3. The van der Waals surface area contributed by atoms with Crippen LogP contribution in [0.2, 0.25) is 0 Å². The van der Waals surface area contributed by atoms with Crippen molar-refractivity contribution in [1.82, 2.24) is 20.4 Å². The van der Waals surface area contributed by atoms with Gasteiger partial charge in [0.2, 0.25) is 11.7 Å². The van der Waals surface area contributed by atoms with Crippen LogP contribution in [0, 0.1) is 12.8 Å². The molecule has 0 amide bonds. The van der Waals surface area contributed by atoms with Crippen LogP contribution < -0.4 is 5.32 Å². The normalized spacial score (nSPS) is 23.4. The van der Waals surface area contributed by atoms with Gasteiger partial charge in [0, 0.05) is 24.5 Å². The van der Waals surface area contributed by atoms with Gasteiger partial charge in [-0.25, -0.2) is 0 Å². The average Bonchev–Trinajstić information content (AvgIpc) is 2.98. The molecule has 1 fully saturated rings. The van der Waals surface area contributed by atoms with Gasteiger partial charge in [0.05, 0.1) is 5.92 Å². The minimum atomic E-state index is 0.327. The van der Waals surface area contributed by atoms with Crippen LogP contribution in [0.4, 0.5) is 0 Å². The first-order valence-electron chi connectivity index (χ1n) is 6.21. The molecule has 3 rings (SSSR count). The molecule has 94 valence electrons. The van der Waals surface area contributed by atoms with Gasteiger partial charge in [0.15, 0.2) is 0 Å². The topological polar surface area (TPSA) is 63.8 Å². The van der Waals surface area contributed by atoms with E-state index in [0.29, 0.717) is 17.7 Å². The summed E-state index contributed by atoms with van der Waals surface area (Å²) in [6.07, 6.45) is 3.56. The van der Waals surface area contributed by atoms with Gasteiger partial charge in [0.1, 0.15) is 0 Å². The Balaban J connectivity index is 1.92. The molecule has 2 unspecified atom stereocenters. The lowest BCUT2D eigenvalue weighted by molar-refractivity contribution is 0.340. The summed E-state index contributed by atoms with van der Waals surface area (Å²) in [5.41, 5.74) is 2.04. The predicted molar refractivity (Wildman–Crippen MR) is 67.0 cm³/mol. The van der Waals surface area contributed by atoms with Crippen molar-refractivity contribution >= 4 is 0 Å². The highest BCUT2D eigenvalue weighted by molar-refractivity contribution is 5.58. The van der Waals surface area contributed by atoms with Crippen LogP contribution in [-0.2, 0) is 0 Å². The summed E-state index contributed by atoms with van der Waals surface area (Å²) in [5, 5.41) is 7.43. The lowest BCUT2D eigenvalue weighted by Gasteiger charge is -2.07. The zero-order chi connectivity index (χ0) is 12.5. The number of pyridine rings is 1. The number of nitrogens with zero attached hydrogens (tertiary/aromatic N) is 3. The van der Waals surface area contributed by atoms with E-state index < -0.39 is 0 Å². The molecule has 0 radical (unpaired) electrons. The Morgan fingerprint density at radius 2 is 2.28 bits per heavy atom. The second-order valence-electron chi connectivity index (χ2n) is 4.89. The number of hydrogen-bond acceptors (Lipinski definition) is 5. The standard InChI is InChI=1S/C13H16N4O/c1-8-5-14-4-3-10(8)12-16-13(18-17-12)11-7-15-6-9(11)2/h3-5,9,11,15H,6-7H2,1-2H3. The molecule has 2 atom stereocenters. The van der Waals surface area contributed by atoms with E-state index in [1.165, 1.54) is 0 Å². The monoisotopic (exact) mass is 244 g/mol.